The van der Waals surface area contributed by atoms with Gasteiger partial charge in [0, 0.05) is 37.3 Å². The number of hydrogen-bond donors (Lipinski definition) is 2. The molecule has 0 spiro atoms. The minimum absolute atomic E-state index is 0.130. The molecule has 37 heavy (non-hydrogen) atoms. The number of pyridine rings is 1. The van der Waals surface area contributed by atoms with Crippen molar-refractivity contribution in [3.8, 4) is 11.3 Å². The van der Waals surface area contributed by atoms with E-state index in [1.807, 2.05) is 32.6 Å². The molecule has 1 aliphatic heterocycles. The number of hydrogen-bond acceptors (Lipinski definition) is 4. The number of carbonyl (C=O) groups excluding carboxylic acids is 1. The van der Waals surface area contributed by atoms with Gasteiger partial charge in [-0.15, -0.1) is 11.6 Å². The summed E-state index contributed by atoms with van der Waals surface area (Å²) in [5, 5.41) is 13.1. The van der Waals surface area contributed by atoms with Crippen molar-refractivity contribution < 1.29 is 19.1 Å². The zero-order valence-electron chi connectivity index (χ0n) is 21.6. The number of amidine groups is 1. The van der Waals surface area contributed by atoms with E-state index in [0.717, 1.165) is 0 Å². The Morgan fingerprint density at radius 1 is 1.19 bits per heavy atom. The van der Waals surface area contributed by atoms with E-state index in [4.69, 9.17) is 28.2 Å². The molecule has 2 amide bonds. The van der Waals surface area contributed by atoms with Crippen molar-refractivity contribution in [1.29, 1.82) is 0 Å². The summed E-state index contributed by atoms with van der Waals surface area (Å²) >= 11 is 12.5. The second-order valence-electron chi connectivity index (χ2n) is 10.4. The van der Waals surface area contributed by atoms with Crippen LogP contribution in [0.2, 0.25) is 5.02 Å². The first-order valence-electron chi connectivity index (χ1n) is 12.0. The first kappa shape index (κ1) is 28.7. The van der Waals surface area contributed by atoms with Crippen LogP contribution in [-0.4, -0.2) is 75.3 Å². The molecule has 2 atom stereocenters. The van der Waals surface area contributed by atoms with E-state index in [2.05, 4.69) is 10.3 Å². The quantitative estimate of drug-likeness (QED) is 0.286. The van der Waals surface area contributed by atoms with Crippen LogP contribution in [-0.2, 0) is 4.79 Å². The average molecular weight is 552 g/mol. The summed E-state index contributed by atoms with van der Waals surface area (Å²) in [5.41, 5.74) is 0.801. The normalized spacial score (nSPS) is 18.6. The fourth-order valence-corrected chi connectivity index (χ4v) is 4.41. The van der Waals surface area contributed by atoms with E-state index in [0.29, 0.717) is 17.9 Å². The van der Waals surface area contributed by atoms with Crippen LogP contribution >= 0.6 is 23.2 Å². The van der Waals surface area contributed by atoms with Crippen LogP contribution in [0.25, 0.3) is 11.3 Å². The highest BCUT2D eigenvalue weighted by molar-refractivity contribution is 6.34. The maximum absolute atomic E-state index is 14.7. The average Bonchev–Trinajstić information content (AvgIpc) is 2.82. The predicted molar refractivity (Wildman–Crippen MR) is 145 cm³/mol. The standard InChI is InChI=1S/C26H32Cl2FN5O3/c1-15-13-34(25(36)37)16(2)12-33(15)24(31-21(35)11-27)18-10-19(28)22(17-8-6-7-9-20(17)29)32-23(18)30-14-26(3,4)5/h6-10,15-16H,11-14H2,1-5H3,(H,30,32)(H,36,37)/b31-24-/t15-,16+/m0/s1. The number of nitrogens with one attached hydrogen (secondary N) is 1. The van der Waals surface area contributed by atoms with Crippen LogP contribution in [0, 0.1) is 11.2 Å². The second-order valence-corrected chi connectivity index (χ2v) is 11.0. The van der Waals surface area contributed by atoms with Crippen molar-refractivity contribution in [2.24, 2.45) is 10.4 Å². The molecule has 11 heteroatoms. The van der Waals surface area contributed by atoms with Gasteiger partial charge in [-0.1, -0.05) is 44.5 Å². The van der Waals surface area contributed by atoms with Gasteiger partial charge in [-0.05, 0) is 37.5 Å². The number of rotatable bonds is 5. The number of amides is 2. The molecule has 2 N–H and O–H groups in total. The Labute approximate surface area is 226 Å². The van der Waals surface area contributed by atoms with Gasteiger partial charge in [0.05, 0.1) is 16.3 Å². The fourth-order valence-electron chi connectivity index (χ4n) is 4.10. The van der Waals surface area contributed by atoms with Crippen LogP contribution in [0.15, 0.2) is 35.3 Å². The summed E-state index contributed by atoms with van der Waals surface area (Å²) in [6.45, 7) is 10.8. The van der Waals surface area contributed by atoms with Crippen molar-refractivity contribution in [1.82, 2.24) is 14.8 Å². The molecule has 2 aromatic rings. The SMILES string of the molecule is C[C@@H]1CN(/C(=N\C(=O)CCl)c2cc(Cl)c(-c3ccccc3F)nc2NCC(C)(C)C)[C@@H](C)CN1C(=O)O. The zero-order valence-corrected chi connectivity index (χ0v) is 23.1. The highest BCUT2D eigenvalue weighted by Crippen LogP contribution is 2.34. The lowest BCUT2D eigenvalue weighted by Crippen LogP contribution is -2.59. The van der Waals surface area contributed by atoms with Crippen molar-refractivity contribution in [2.45, 2.75) is 46.7 Å². The van der Waals surface area contributed by atoms with Gasteiger partial charge in [0.25, 0.3) is 5.91 Å². The van der Waals surface area contributed by atoms with Gasteiger partial charge >= 0.3 is 6.09 Å². The molecule has 0 aliphatic carbocycles. The number of aliphatic imine (C=N–C) groups is 1. The minimum Gasteiger partial charge on any atom is -0.465 e. The van der Waals surface area contributed by atoms with E-state index in [9.17, 15) is 19.1 Å². The molecule has 200 valence electrons. The molecule has 0 radical (unpaired) electrons. The van der Waals surface area contributed by atoms with Crippen molar-refractivity contribution in [2.75, 3.05) is 30.8 Å². The van der Waals surface area contributed by atoms with Crippen LogP contribution < -0.4 is 5.32 Å². The molecular formula is C26H32Cl2FN5O3. The number of nitrogens with zero attached hydrogens (tertiary/aromatic N) is 4. The van der Waals surface area contributed by atoms with E-state index < -0.39 is 17.8 Å². The van der Waals surface area contributed by atoms with Gasteiger partial charge < -0.3 is 20.2 Å². The third-order valence-electron chi connectivity index (χ3n) is 5.98. The molecule has 0 saturated carbocycles. The summed E-state index contributed by atoms with van der Waals surface area (Å²) in [5.74, 6) is -0.708. The first-order chi connectivity index (χ1) is 17.3. The summed E-state index contributed by atoms with van der Waals surface area (Å²) in [6.07, 6.45) is -1.01. The van der Waals surface area contributed by atoms with Gasteiger partial charge in [-0.2, -0.15) is 4.99 Å². The molecule has 1 aromatic heterocycles. The highest BCUT2D eigenvalue weighted by Gasteiger charge is 2.35. The maximum Gasteiger partial charge on any atom is 0.407 e. The molecule has 1 aliphatic rings. The van der Waals surface area contributed by atoms with Gasteiger partial charge in [0.1, 0.15) is 23.4 Å². The molecule has 0 unspecified atom stereocenters. The lowest BCUT2D eigenvalue weighted by molar-refractivity contribution is -0.115. The summed E-state index contributed by atoms with van der Waals surface area (Å²) < 4.78 is 14.7. The third kappa shape index (κ3) is 6.90. The Balaban J connectivity index is 2.19. The van der Waals surface area contributed by atoms with Gasteiger partial charge in [0.15, 0.2) is 0 Å². The second kappa shape index (κ2) is 11.6. The Bertz CT molecular complexity index is 1200. The molecule has 2 heterocycles. The van der Waals surface area contributed by atoms with E-state index >= 15 is 0 Å². The van der Waals surface area contributed by atoms with E-state index in [-0.39, 0.29) is 58.6 Å². The molecule has 1 saturated heterocycles. The Morgan fingerprint density at radius 3 is 2.41 bits per heavy atom. The Morgan fingerprint density at radius 2 is 1.81 bits per heavy atom. The zero-order chi connectivity index (χ0) is 27.5. The number of aromatic nitrogens is 1. The summed E-state index contributed by atoms with van der Waals surface area (Å²) in [7, 11) is 0. The van der Waals surface area contributed by atoms with Crippen molar-refractivity contribution in [3.05, 3.63) is 46.7 Å². The molecule has 8 nitrogen and oxygen atoms in total. The molecule has 0 bridgehead atoms. The smallest absolute Gasteiger partial charge is 0.407 e. The monoisotopic (exact) mass is 551 g/mol. The van der Waals surface area contributed by atoms with E-state index in [1.165, 1.54) is 11.0 Å². The number of alkyl halides is 1. The number of carbonyl (C=O) groups is 2. The first-order valence-corrected chi connectivity index (χ1v) is 12.9. The largest absolute Gasteiger partial charge is 0.465 e. The topological polar surface area (TPSA) is 98.1 Å². The lowest BCUT2D eigenvalue weighted by Gasteiger charge is -2.44. The van der Waals surface area contributed by atoms with E-state index in [1.54, 1.807) is 31.2 Å². The molecule has 1 aromatic carbocycles. The Kier molecular flexibility index (Phi) is 9.02. The molecule has 1 fully saturated rings. The fraction of sp³-hybridized carbons (Fsp3) is 0.462. The number of halogens is 3. The highest BCUT2D eigenvalue weighted by atomic mass is 35.5. The predicted octanol–water partition coefficient (Wildman–Crippen LogP) is 5.58. The third-order valence-corrected chi connectivity index (χ3v) is 6.50. The van der Waals surface area contributed by atoms with Crippen LogP contribution in [0.4, 0.5) is 15.0 Å². The number of benzene rings is 1. The number of piperazine rings is 1. The van der Waals surface area contributed by atoms with Gasteiger partial charge in [0.2, 0.25) is 0 Å². The Hall–Kier alpha value is -2.91. The van der Waals surface area contributed by atoms with Crippen LogP contribution in [0.1, 0.15) is 40.2 Å². The maximum atomic E-state index is 14.7. The number of carboxylic acid groups (broad SMARTS) is 1. The van der Waals surface area contributed by atoms with Crippen LogP contribution in [0.3, 0.4) is 0 Å². The summed E-state index contributed by atoms with van der Waals surface area (Å²) in [4.78, 5) is 36.4. The molecule has 3 rings (SSSR count). The van der Waals surface area contributed by atoms with Crippen molar-refractivity contribution >= 4 is 46.9 Å². The van der Waals surface area contributed by atoms with Gasteiger partial charge in [-0.25, -0.2) is 14.2 Å². The van der Waals surface area contributed by atoms with Crippen LogP contribution in [0.5, 0.6) is 0 Å². The summed E-state index contributed by atoms with van der Waals surface area (Å²) in [6, 6.07) is 7.15. The molecular weight excluding hydrogens is 520 g/mol. The minimum atomic E-state index is -1.01. The number of anilines is 1. The van der Waals surface area contributed by atoms with Gasteiger partial charge in [-0.3, -0.25) is 4.79 Å². The lowest BCUT2D eigenvalue weighted by atomic mass is 9.97. The van der Waals surface area contributed by atoms with Crippen molar-refractivity contribution in [3.63, 3.8) is 0 Å².